The Balaban J connectivity index is 1.35. The summed E-state index contributed by atoms with van der Waals surface area (Å²) >= 11 is 0. The summed E-state index contributed by atoms with van der Waals surface area (Å²) in [4.78, 5) is 68.4. The summed E-state index contributed by atoms with van der Waals surface area (Å²) in [5.41, 5.74) is 0.621. The first-order valence-corrected chi connectivity index (χ1v) is 18.7. The largest absolute Gasteiger partial charge is 0.489 e. The van der Waals surface area contributed by atoms with Gasteiger partial charge in [0, 0.05) is 38.2 Å². The number of hydrogen-bond acceptors (Lipinski definition) is 9. The third kappa shape index (κ3) is 14.4. The smallest absolute Gasteiger partial charge is 0.410 e. The van der Waals surface area contributed by atoms with Gasteiger partial charge in [-0.25, -0.2) is 4.79 Å². The van der Waals surface area contributed by atoms with Gasteiger partial charge in [-0.05, 0) is 81.9 Å². The summed E-state index contributed by atoms with van der Waals surface area (Å²) in [7, 11) is 0. The second-order valence-electron chi connectivity index (χ2n) is 16.3. The van der Waals surface area contributed by atoms with Gasteiger partial charge in [0.1, 0.15) is 24.4 Å². The van der Waals surface area contributed by atoms with Crippen LogP contribution in [0.4, 0.5) is 4.79 Å². The monoisotopic (exact) mass is 735 g/mol. The van der Waals surface area contributed by atoms with Crippen LogP contribution in [-0.2, 0) is 40.0 Å². The van der Waals surface area contributed by atoms with Crippen LogP contribution in [0.25, 0.3) is 0 Å². The lowest BCUT2D eigenvalue weighted by atomic mass is 9.91. The van der Waals surface area contributed by atoms with Crippen LogP contribution >= 0.6 is 0 Å². The van der Waals surface area contributed by atoms with E-state index in [1.807, 2.05) is 71.9 Å². The summed E-state index contributed by atoms with van der Waals surface area (Å²) in [6.07, 6.45) is 1.81. The highest BCUT2D eigenvalue weighted by Gasteiger charge is 2.32. The standard InChI is InChI=1S/C41H57N3O9/c1-40(2,3)28-51-35(46)25-36(47)52-38(31-14-10-16-33(24-31)50-27-30-12-8-7-9-13-30)42-37(48)32-15-11-21-44(26-32)34(45)18-17-29-19-22-43(23-20-29)39(49)53-41(4,5)6/h7-10,12-14,16,24,29,32,38H,11,15,17-23,25-28H2,1-6H3,(H,42,48)/t32-,38+/m1/s1. The second kappa shape index (κ2) is 18.9. The van der Waals surface area contributed by atoms with Crippen LogP contribution in [0.5, 0.6) is 5.75 Å². The average molecular weight is 736 g/mol. The van der Waals surface area contributed by atoms with Gasteiger partial charge in [0.25, 0.3) is 0 Å². The van der Waals surface area contributed by atoms with Crippen LogP contribution in [0.3, 0.4) is 0 Å². The first-order chi connectivity index (χ1) is 25.0. The Kier molecular flexibility index (Phi) is 14.7. The minimum absolute atomic E-state index is 0.00270. The molecule has 2 atom stereocenters. The van der Waals surface area contributed by atoms with E-state index in [1.54, 1.807) is 34.1 Å². The van der Waals surface area contributed by atoms with E-state index < -0.39 is 36.1 Å². The van der Waals surface area contributed by atoms with Crippen molar-refractivity contribution in [1.29, 1.82) is 0 Å². The number of hydrogen-bond donors (Lipinski definition) is 1. The number of rotatable bonds is 13. The number of nitrogens with zero attached hydrogens (tertiary/aromatic N) is 2. The van der Waals surface area contributed by atoms with Crippen molar-refractivity contribution in [3.8, 4) is 5.75 Å². The molecule has 0 aromatic heterocycles. The number of nitrogens with one attached hydrogen (secondary N) is 1. The number of amides is 3. The Morgan fingerprint density at radius 1 is 0.849 bits per heavy atom. The van der Waals surface area contributed by atoms with E-state index in [1.165, 1.54) is 0 Å². The van der Waals surface area contributed by atoms with Gasteiger partial charge < -0.3 is 34.1 Å². The van der Waals surface area contributed by atoms with Crippen LogP contribution in [0.1, 0.15) is 104 Å². The molecule has 2 fully saturated rings. The SMILES string of the molecule is CC(C)(C)COC(=O)CC(=O)O[C@H](NC(=O)[C@@H]1CCCN(C(=O)CCC2CCN(C(=O)OC(C)(C)C)CC2)C1)c1cccc(OCc2ccccc2)c1. The maximum absolute atomic E-state index is 13.7. The summed E-state index contributed by atoms with van der Waals surface area (Å²) in [5.74, 6) is -1.60. The fourth-order valence-corrected chi connectivity index (χ4v) is 6.21. The van der Waals surface area contributed by atoms with Gasteiger partial charge in [-0.15, -0.1) is 0 Å². The molecule has 12 nitrogen and oxygen atoms in total. The van der Waals surface area contributed by atoms with E-state index in [0.717, 1.165) is 18.4 Å². The van der Waals surface area contributed by atoms with Gasteiger partial charge in [0.05, 0.1) is 12.5 Å². The fraction of sp³-hybridized carbons (Fsp3) is 0.585. The topological polar surface area (TPSA) is 141 Å². The minimum atomic E-state index is -1.21. The Bertz CT molecular complexity index is 1540. The Hall–Kier alpha value is -4.61. The molecule has 53 heavy (non-hydrogen) atoms. The lowest BCUT2D eigenvalue weighted by molar-refractivity contribution is -0.161. The predicted molar refractivity (Wildman–Crippen MR) is 198 cm³/mol. The molecule has 0 radical (unpaired) electrons. The van der Waals surface area contributed by atoms with Crippen molar-refractivity contribution in [3.63, 3.8) is 0 Å². The van der Waals surface area contributed by atoms with Crippen molar-refractivity contribution in [1.82, 2.24) is 15.1 Å². The van der Waals surface area contributed by atoms with Crippen molar-refractivity contribution >= 4 is 29.8 Å². The third-order valence-electron chi connectivity index (χ3n) is 9.06. The summed E-state index contributed by atoms with van der Waals surface area (Å²) < 4.78 is 22.4. The van der Waals surface area contributed by atoms with Crippen LogP contribution in [0.15, 0.2) is 54.6 Å². The highest BCUT2D eigenvalue weighted by atomic mass is 16.6. The molecule has 0 aliphatic carbocycles. The number of piperidine rings is 2. The van der Waals surface area contributed by atoms with Gasteiger partial charge >= 0.3 is 18.0 Å². The molecule has 3 amide bonds. The molecule has 2 heterocycles. The molecular weight excluding hydrogens is 678 g/mol. The maximum atomic E-state index is 13.7. The second-order valence-corrected chi connectivity index (χ2v) is 16.3. The molecule has 2 saturated heterocycles. The van der Waals surface area contributed by atoms with E-state index in [0.29, 0.717) is 69.2 Å². The molecule has 2 aliphatic rings. The molecule has 2 aromatic carbocycles. The Morgan fingerprint density at radius 2 is 1.57 bits per heavy atom. The zero-order valence-corrected chi connectivity index (χ0v) is 32.2. The maximum Gasteiger partial charge on any atom is 0.410 e. The molecule has 1 N–H and O–H groups in total. The molecule has 12 heteroatoms. The quantitative estimate of drug-likeness (QED) is 0.105. The first-order valence-electron chi connectivity index (χ1n) is 18.7. The van der Waals surface area contributed by atoms with Gasteiger partial charge in [-0.3, -0.25) is 19.2 Å². The fourth-order valence-electron chi connectivity index (χ4n) is 6.21. The molecule has 0 spiro atoms. The number of carbonyl (C=O) groups excluding carboxylic acids is 5. The lowest BCUT2D eigenvalue weighted by Gasteiger charge is -2.35. The molecule has 0 unspecified atom stereocenters. The van der Waals surface area contributed by atoms with E-state index in [9.17, 15) is 24.0 Å². The van der Waals surface area contributed by atoms with Crippen molar-refractivity contribution < 1.29 is 42.9 Å². The molecule has 4 rings (SSSR count). The highest BCUT2D eigenvalue weighted by molar-refractivity contribution is 5.91. The van der Waals surface area contributed by atoms with Crippen molar-refractivity contribution in [2.75, 3.05) is 32.8 Å². The molecule has 0 bridgehead atoms. The van der Waals surface area contributed by atoms with Gasteiger partial charge in [0.2, 0.25) is 18.0 Å². The van der Waals surface area contributed by atoms with Crippen molar-refractivity contribution in [2.45, 2.75) is 105 Å². The normalized spacial score (nSPS) is 17.4. The van der Waals surface area contributed by atoms with Gasteiger partial charge in [-0.1, -0.05) is 63.2 Å². The molecular formula is C41H57N3O9. The van der Waals surface area contributed by atoms with Crippen LogP contribution in [0, 0.1) is 17.3 Å². The summed E-state index contributed by atoms with van der Waals surface area (Å²) in [6, 6.07) is 16.6. The third-order valence-corrected chi connectivity index (χ3v) is 9.06. The minimum Gasteiger partial charge on any atom is -0.489 e. The van der Waals surface area contributed by atoms with E-state index in [-0.39, 0.29) is 36.5 Å². The molecule has 290 valence electrons. The Labute approximate surface area is 313 Å². The van der Waals surface area contributed by atoms with Gasteiger partial charge in [-0.2, -0.15) is 0 Å². The molecule has 2 aromatic rings. The number of carbonyl (C=O) groups is 5. The predicted octanol–water partition coefficient (Wildman–Crippen LogP) is 6.57. The number of benzene rings is 2. The van der Waals surface area contributed by atoms with Crippen LogP contribution in [0.2, 0.25) is 0 Å². The zero-order chi connectivity index (χ0) is 38.6. The lowest BCUT2D eigenvalue weighted by Crippen LogP contribution is -2.46. The van der Waals surface area contributed by atoms with E-state index in [2.05, 4.69) is 5.32 Å². The average Bonchev–Trinajstić information content (AvgIpc) is 3.11. The zero-order valence-electron chi connectivity index (χ0n) is 32.2. The van der Waals surface area contributed by atoms with Crippen LogP contribution < -0.4 is 10.1 Å². The van der Waals surface area contributed by atoms with E-state index >= 15 is 0 Å². The first kappa shape index (κ1) is 41.2. The number of ether oxygens (including phenoxy) is 4. The summed E-state index contributed by atoms with van der Waals surface area (Å²) in [6.45, 7) is 13.8. The highest BCUT2D eigenvalue weighted by Crippen LogP contribution is 2.27. The number of likely N-dealkylation sites (tertiary alicyclic amines) is 2. The molecule has 0 saturated carbocycles. The van der Waals surface area contributed by atoms with E-state index in [4.69, 9.17) is 18.9 Å². The Morgan fingerprint density at radius 3 is 2.25 bits per heavy atom. The van der Waals surface area contributed by atoms with Crippen molar-refractivity contribution in [3.05, 3.63) is 65.7 Å². The van der Waals surface area contributed by atoms with Gasteiger partial charge in [0.15, 0.2) is 0 Å². The summed E-state index contributed by atoms with van der Waals surface area (Å²) in [5, 5.41) is 2.86. The van der Waals surface area contributed by atoms with Crippen LogP contribution in [-0.4, -0.2) is 78.0 Å². The molecule has 2 aliphatic heterocycles. The van der Waals surface area contributed by atoms with Crippen molar-refractivity contribution in [2.24, 2.45) is 17.3 Å². The number of esters is 2.